The van der Waals surface area contributed by atoms with Crippen LogP contribution in [-0.2, 0) is 10.0 Å². The maximum Gasteiger partial charge on any atom is 0.246 e. The Morgan fingerprint density at radius 2 is 1.90 bits per heavy atom. The molecular weight excluding hydrogens is 454 g/mol. The Labute approximate surface area is 182 Å². The number of aromatic amines is 1. The van der Waals surface area contributed by atoms with Gasteiger partial charge in [0.1, 0.15) is 16.4 Å². The zero-order valence-corrected chi connectivity index (χ0v) is 18.1. The highest BCUT2D eigenvalue weighted by atomic mass is 35.5. The van der Waals surface area contributed by atoms with Gasteiger partial charge < -0.3 is 4.98 Å². The molecule has 0 radical (unpaired) electrons. The van der Waals surface area contributed by atoms with Crippen molar-refractivity contribution in [3.8, 4) is 11.5 Å². The minimum atomic E-state index is -3.72. The lowest BCUT2D eigenvalue weighted by Gasteiger charge is -2.35. The van der Waals surface area contributed by atoms with Gasteiger partial charge in [-0.2, -0.15) is 4.31 Å². The lowest BCUT2D eigenvalue weighted by atomic mass is 9.86. The molecule has 3 aromatic rings. The molecule has 4 rings (SSSR count). The van der Waals surface area contributed by atoms with Gasteiger partial charge in [0.15, 0.2) is 11.0 Å². The third-order valence-corrected chi connectivity index (χ3v) is 7.43. The molecule has 158 valence electrons. The van der Waals surface area contributed by atoms with Gasteiger partial charge in [0.2, 0.25) is 15.3 Å². The molecule has 0 unspecified atom stereocenters. The number of sulfonamides is 1. The van der Waals surface area contributed by atoms with Gasteiger partial charge in [0.05, 0.1) is 24.3 Å². The van der Waals surface area contributed by atoms with Crippen molar-refractivity contribution < 1.29 is 12.8 Å². The Kier molecular flexibility index (Phi) is 5.75. The summed E-state index contributed by atoms with van der Waals surface area (Å²) >= 11 is 12.0. The average Bonchev–Trinajstić information content (AvgIpc) is 3.10. The van der Waals surface area contributed by atoms with E-state index in [1.807, 2.05) is 6.92 Å². The lowest BCUT2D eigenvalue weighted by molar-refractivity contribution is 0.246. The molecule has 1 N–H and O–H groups in total. The van der Waals surface area contributed by atoms with Crippen molar-refractivity contribution in [1.29, 1.82) is 0 Å². The third kappa shape index (κ3) is 4.04. The van der Waals surface area contributed by atoms with Crippen LogP contribution >= 0.6 is 23.2 Å². The van der Waals surface area contributed by atoms with E-state index in [0.29, 0.717) is 36.2 Å². The number of H-pyrrole nitrogens is 1. The third-order valence-electron chi connectivity index (χ3n) is 5.13. The Hall–Kier alpha value is -2.14. The van der Waals surface area contributed by atoms with Crippen LogP contribution in [0, 0.1) is 11.7 Å². The van der Waals surface area contributed by atoms with Crippen molar-refractivity contribution in [2.45, 2.75) is 24.2 Å². The minimum Gasteiger partial charge on any atom is -0.339 e. The molecule has 2 atom stereocenters. The number of hydrogen-bond acceptors (Lipinski definition) is 6. The zero-order valence-electron chi connectivity index (χ0n) is 15.8. The monoisotopic (exact) mass is 470 g/mol. The molecule has 12 heteroatoms. The van der Waals surface area contributed by atoms with Crippen LogP contribution in [0.1, 0.15) is 25.0 Å². The van der Waals surface area contributed by atoms with Crippen LogP contribution in [0.3, 0.4) is 0 Å². The molecule has 0 amide bonds. The maximum atomic E-state index is 13.1. The van der Waals surface area contributed by atoms with E-state index in [2.05, 4.69) is 24.9 Å². The summed E-state index contributed by atoms with van der Waals surface area (Å²) in [5.74, 6) is -0.0543. The summed E-state index contributed by atoms with van der Waals surface area (Å²) in [5, 5.41) is 0.289. The zero-order chi connectivity index (χ0) is 21.5. The van der Waals surface area contributed by atoms with E-state index < -0.39 is 15.8 Å². The second-order valence-corrected chi connectivity index (χ2v) is 9.71. The van der Waals surface area contributed by atoms with Crippen molar-refractivity contribution in [1.82, 2.24) is 29.2 Å². The molecule has 1 saturated heterocycles. The van der Waals surface area contributed by atoms with Crippen molar-refractivity contribution in [3.63, 3.8) is 0 Å². The van der Waals surface area contributed by atoms with Crippen LogP contribution < -0.4 is 0 Å². The number of nitrogens with zero attached hydrogens (tertiary/aromatic N) is 5. The van der Waals surface area contributed by atoms with E-state index >= 15 is 0 Å². The summed E-state index contributed by atoms with van der Waals surface area (Å²) in [7, 11) is -3.72. The first kappa shape index (κ1) is 21.1. The normalized spacial score (nSPS) is 20.4. The Morgan fingerprint density at radius 3 is 2.53 bits per heavy atom. The van der Waals surface area contributed by atoms with E-state index in [-0.39, 0.29) is 22.0 Å². The van der Waals surface area contributed by atoms with E-state index in [4.69, 9.17) is 23.2 Å². The number of rotatable bonds is 4. The number of aromatic nitrogens is 5. The van der Waals surface area contributed by atoms with E-state index in [1.54, 1.807) is 0 Å². The number of hydrogen-bond donors (Lipinski definition) is 1. The maximum absolute atomic E-state index is 13.1. The van der Waals surface area contributed by atoms with Crippen molar-refractivity contribution in [2.24, 2.45) is 5.92 Å². The molecule has 0 aromatic carbocycles. The standard InChI is InChI=1S/C18H17Cl2FN6O2S/c1-10-9-27(30(28,29)12-7-23-18(20)24-8-12)5-4-13(10)15-16(19)26-17(25-15)14-3-2-11(21)6-22-14/h2-3,6-8,10,13H,4-5,9H2,1H3,(H,25,26)/t10-,13+/m0/s1. The summed E-state index contributed by atoms with van der Waals surface area (Å²) in [6.07, 6.45) is 4.06. The van der Waals surface area contributed by atoms with Crippen molar-refractivity contribution in [3.05, 3.63) is 52.7 Å². The molecule has 0 bridgehead atoms. The quantitative estimate of drug-likeness (QED) is 0.584. The fourth-order valence-electron chi connectivity index (χ4n) is 3.59. The summed E-state index contributed by atoms with van der Waals surface area (Å²) in [6, 6.07) is 2.81. The Morgan fingerprint density at radius 1 is 1.17 bits per heavy atom. The molecule has 30 heavy (non-hydrogen) atoms. The Balaban J connectivity index is 1.54. The van der Waals surface area contributed by atoms with Crippen LogP contribution in [0.15, 0.2) is 35.6 Å². The molecule has 3 aromatic heterocycles. The molecule has 0 saturated carbocycles. The molecule has 8 nitrogen and oxygen atoms in total. The largest absolute Gasteiger partial charge is 0.339 e. The van der Waals surface area contributed by atoms with E-state index in [1.165, 1.54) is 28.8 Å². The van der Waals surface area contributed by atoms with Gasteiger partial charge in [-0.15, -0.1) is 0 Å². The molecule has 4 heterocycles. The van der Waals surface area contributed by atoms with Crippen molar-refractivity contribution >= 4 is 33.2 Å². The molecular formula is C18H17Cl2FN6O2S. The Bertz CT molecular complexity index is 1150. The lowest BCUT2D eigenvalue weighted by Crippen LogP contribution is -2.42. The summed E-state index contributed by atoms with van der Waals surface area (Å²) < 4.78 is 40.3. The van der Waals surface area contributed by atoms with Crippen LogP contribution in [0.5, 0.6) is 0 Å². The van der Waals surface area contributed by atoms with Gasteiger partial charge in [0, 0.05) is 19.0 Å². The van der Waals surface area contributed by atoms with Gasteiger partial charge in [0.25, 0.3) is 0 Å². The first-order chi connectivity index (χ1) is 14.3. The molecule has 1 aliphatic heterocycles. The highest BCUT2D eigenvalue weighted by Crippen LogP contribution is 2.37. The highest BCUT2D eigenvalue weighted by Gasteiger charge is 2.36. The number of halogens is 3. The topological polar surface area (TPSA) is 105 Å². The van der Waals surface area contributed by atoms with Crippen LogP contribution in [0.4, 0.5) is 4.39 Å². The first-order valence-electron chi connectivity index (χ1n) is 9.10. The van der Waals surface area contributed by atoms with Gasteiger partial charge >= 0.3 is 0 Å². The number of pyridine rings is 1. The van der Waals surface area contributed by atoms with E-state index in [0.717, 1.165) is 11.9 Å². The second kappa shape index (κ2) is 8.18. The molecule has 0 aliphatic carbocycles. The van der Waals surface area contributed by atoms with Crippen LogP contribution in [0.2, 0.25) is 10.4 Å². The average molecular weight is 471 g/mol. The smallest absolute Gasteiger partial charge is 0.246 e. The molecule has 0 spiro atoms. The number of piperidine rings is 1. The number of nitrogens with one attached hydrogen (secondary N) is 1. The molecule has 1 fully saturated rings. The second-order valence-electron chi connectivity index (χ2n) is 7.07. The van der Waals surface area contributed by atoms with E-state index in [9.17, 15) is 12.8 Å². The first-order valence-corrected chi connectivity index (χ1v) is 11.3. The predicted octanol–water partition coefficient (Wildman–Crippen LogP) is 3.52. The SMILES string of the molecule is C[C@H]1CN(S(=O)(=O)c2cnc(Cl)nc2)CC[C@H]1c1[nH]c(-c2ccc(F)cn2)nc1Cl. The van der Waals surface area contributed by atoms with Crippen molar-refractivity contribution in [2.75, 3.05) is 13.1 Å². The summed E-state index contributed by atoms with van der Waals surface area (Å²) in [6.45, 7) is 2.56. The van der Waals surface area contributed by atoms with Gasteiger partial charge in [-0.1, -0.05) is 18.5 Å². The summed E-state index contributed by atoms with van der Waals surface area (Å²) in [4.78, 5) is 19.0. The van der Waals surface area contributed by atoms with Gasteiger partial charge in [-0.3, -0.25) is 0 Å². The minimum absolute atomic E-state index is 0.00166. The van der Waals surface area contributed by atoms with Crippen LogP contribution in [0.25, 0.3) is 11.5 Å². The fourth-order valence-corrected chi connectivity index (χ4v) is 5.40. The van der Waals surface area contributed by atoms with Gasteiger partial charge in [-0.25, -0.2) is 32.7 Å². The fraction of sp³-hybridized carbons (Fsp3) is 0.333. The highest BCUT2D eigenvalue weighted by molar-refractivity contribution is 7.89. The van der Waals surface area contributed by atoms with Gasteiger partial charge in [-0.05, 0) is 36.1 Å². The summed E-state index contributed by atoms with van der Waals surface area (Å²) in [5.41, 5.74) is 1.19. The molecule has 1 aliphatic rings. The van der Waals surface area contributed by atoms with Crippen LogP contribution in [-0.4, -0.2) is 50.7 Å². The number of imidazole rings is 1. The predicted molar refractivity (Wildman–Crippen MR) is 109 cm³/mol.